The first-order chi connectivity index (χ1) is 8.20. The maximum absolute atomic E-state index is 9.14. The molecule has 0 atom stereocenters. The number of rotatable bonds is 0. The first-order valence-corrected chi connectivity index (χ1v) is 7.56. The zero-order valence-electron chi connectivity index (χ0n) is 12.7. The molecule has 0 radical (unpaired) electrons. The third-order valence-corrected chi connectivity index (χ3v) is 4.62. The van der Waals surface area contributed by atoms with Gasteiger partial charge in [-0.2, -0.15) is 0 Å². The standard InChI is InChI=1S/2C8H16O.CH4/c2*1-8(2)5-3-7(9)4-6-8;/h2*7,9H,3-6H2,1-2H3;1H4. The summed E-state index contributed by atoms with van der Waals surface area (Å²) in [4.78, 5) is 0. The van der Waals surface area contributed by atoms with Gasteiger partial charge in [-0.05, 0) is 62.2 Å². The highest BCUT2D eigenvalue weighted by molar-refractivity contribution is 4.78. The minimum atomic E-state index is -0.00183. The number of aliphatic hydroxyl groups is 2. The van der Waals surface area contributed by atoms with E-state index in [9.17, 15) is 0 Å². The molecule has 2 rings (SSSR count). The Bertz CT molecular complexity index is 200. The zero-order chi connectivity index (χ0) is 13.8. The van der Waals surface area contributed by atoms with Gasteiger partial charge in [-0.1, -0.05) is 35.1 Å². The topological polar surface area (TPSA) is 40.5 Å². The monoisotopic (exact) mass is 272 g/mol. The SMILES string of the molecule is C.CC1(C)CCC(O)CC1.CC1(C)CCC(O)CC1. The number of hydrogen-bond donors (Lipinski definition) is 2. The van der Waals surface area contributed by atoms with E-state index in [4.69, 9.17) is 10.2 Å². The molecule has 2 saturated carbocycles. The van der Waals surface area contributed by atoms with Crippen LogP contribution in [0.1, 0.15) is 86.5 Å². The van der Waals surface area contributed by atoms with Crippen molar-refractivity contribution in [1.82, 2.24) is 0 Å². The minimum Gasteiger partial charge on any atom is -0.393 e. The molecule has 2 nitrogen and oxygen atoms in total. The van der Waals surface area contributed by atoms with Crippen molar-refractivity contribution < 1.29 is 10.2 Å². The molecule has 0 heterocycles. The van der Waals surface area contributed by atoms with E-state index < -0.39 is 0 Å². The summed E-state index contributed by atoms with van der Waals surface area (Å²) in [5, 5.41) is 18.3. The van der Waals surface area contributed by atoms with Crippen LogP contribution in [0.25, 0.3) is 0 Å². The molecule has 0 unspecified atom stereocenters. The van der Waals surface area contributed by atoms with Gasteiger partial charge in [0.15, 0.2) is 0 Å². The van der Waals surface area contributed by atoms with Gasteiger partial charge in [-0.3, -0.25) is 0 Å². The summed E-state index contributed by atoms with van der Waals surface area (Å²) in [6.07, 6.45) is 8.78. The fourth-order valence-electron chi connectivity index (χ4n) is 2.77. The van der Waals surface area contributed by atoms with Crippen molar-refractivity contribution in [3.05, 3.63) is 0 Å². The molecule has 19 heavy (non-hydrogen) atoms. The summed E-state index contributed by atoms with van der Waals surface area (Å²) >= 11 is 0. The van der Waals surface area contributed by atoms with E-state index in [2.05, 4.69) is 27.7 Å². The lowest BCUT2D eigenvalue weighted by atomic mass is 9.76. The van der Waals surface area contributed by atoms with Gasteiger partial charge in [0.25, 0.3) is 0 Å². The van der Waals surface area contributed by atoms with E-state index in [1.807, 2.05) is 0 Å². The third kappa shape index (κ3) is 7.94. The summed E-state index contributed by atoms with van der Waals surface area (Å²) < 4.78 is 0. The predicted octanol–water partition coefficient (Wildman–Crippen LogP) is 4.53. The Labute approximate surface area is 120 Å². The summed E-state index contributed by atoms with van der Waals surface area (Å²) in [6, 6.07) is 0. The van der Waals surface area contributed by atoms with Gasteiger partial charge in [-0.15, -0.1) is 0 Å². The molecular formula is C17H36O2. The lowest BCUT2D eigenvalue weighted by molar-refractivity contribution is 0.0799. The van der Waals surface area contributed by atoms with Crippen LogP contribution in [0, 0.1) is 10.8 Å². The van der Waals surface area contributed by atoms with Crippen LogP contribution in [0.5, 0.6) is 0 Å². The summed E-state index contributed by atoms with van der Waals surface area (Å²) in [7, 11) is 0. The van der Waals surface area contributed by atoms with Crippen LogP contribution in [0.2, 0.25) is 0 Å². The second-order valence-electron chi connectivity index (χ2n) is 7.79. The maximum atomic E-state index is 9.14. The first kappa shape index (κ1) is 18.9. The van der Waals surface area contributed by atoms with Crippen molar-refractivity contribution in [2.75, 3.05) is 0 Å². The van der Waals surface area contributed by atoms with Crippen molar-refractivity contribution in [3.63, 3.8) is 0 Å². The van der Waals surface area contributed by atoms with Crippen LogP contribution in [-0.4, -0.2) is 22.4 Å². The van der Waals surface area contributed by atoms with Gasteiger partial charge in [0.1, 0.15) is 0 Å². The van der Waals surface area contributed by atoms with Crippen LogP contribution in [0.4, 0.5) is 0 Å². The van der Waals surface area contributed by atoms with Crippen molar-refractivity contribution in [3.8, 4) is 0 Å². The molecule has 0 spiro atoms. The van der Waals surface area contributed by atoms with E-state index in [1.165, 1.54) is 25.7 Å². The van der Waals surface area contributed by atoms with Crippen molar-refractivity contribution >= 4 is 0 Å². The molecule has 0 bridgehead atoms. The van der Waals surface area contributed by atoms with Crippen molar-refractivity contribution in [2.24, 2.45) is 10.8 Å². The van der Waals surface area contributed by atoms with Gasteiger partial charge >= 0.3 is 0 Å². The normalized spacial score (nSPS) is 26.8. The highest BCUT2D eigenvalue weighted by Crippen LogP contribution is 2.35. The third-order valence-electron chi connectivity index (χ3n) is 4.62. The van der Waals surface area contributed by atoms with E-state index in [0.717, 1.165) is 25.7 Å². The second-order valence-corrected chi connectivity index (χ2v) is 7.79. The van der Waals surface area contributed by atoms with Gasteiger partial charge in [0.2, 0.25) is 0 Å². The lowest BCUT2D eigenvalue weighted by Crippen LogP contribution is -2.23. The smallest absolute Gasteiger partial charge is 0.0540 e. The average Bonchev–Trinajstić information content (AvgIpc) is 2.28. The lowest BCUT2D eigenvalue weighted by Gasteiger charge is -2.31. The molecule has 116 valence electrons. The van der Waals surface area contributed by atoms with Crippen molar-refractivity contribution in [2.45, 2.75) is 98.7 Å². The molecule has 0 saturated heterocycles. The Morgan fingerprint density at radius 1 is 0.632 bits per heavy atom. The molecule has 2 heteroatoms. The fraction of sp³-hybridized carbons (Fsp3) is 1.00. The molecular weight excluding hydrogens is 236 g/mol. The Balaban J connectivity index is 0.000000324. The van der Waals surface area contributed by atoms with Gasteiger partial charge in [0, 0.05) is 0 Å². The molecule has 2 aliphatic carbocycles. The Morgan fingerprint density at radius 2 is 0.842 bits per heavy atom. The average molecular weight is 272 g/mol. The van der Waals surface area contributed by atoms with Gasteiger partial charge in [-0.25, -0.2) is 0 Å². The van der Waals surface area contributed by atoms with Gasteiger partial charge in [0.05, 0.1) is 12.2 Å². The maximum Gasteiger partial charge on any atom is 0.0540 e. The van der Waals surface area contributed by atoms with E-state index >= 15 is 0 Å². The zero-order valence-corrected chi connectivity index (χ0v) is 12.7. The Hall–Kier alpha value is -0.0800. The number of hydrogen-bond acceptors (Lipinski definition) is 2. The van der Waals surface area contributed by atoms with Crippen molar-refractivity contribution in [1.29, 1.82) is 0 Å². The minimum absolute atomic E-state index is 0. The molecule has 0 aliphatic heterocycles. The van der Waals surface area contributed by atoms with Crippen LogP contribution >= 0.6 is 0 Å². The highest BCUT2D eigenvalue weighted by atomic mass is 16.3. The summed E-state index contributed by atoms with van der Waals surface area (Å²) in [5.74, 6) is 0. The fourth-order valence-corrected chi connectivity index (χ4v) is 2.77. The highest BCUT2D eigenvalue weighted by Gasteiger charge is 2.25. The Kier molecular flexibility index (Phi) is 7.60. The molecule has 2 N–H and O–H groups in total. The molecule has 2 fully saturated rings. The van der Waals surface area contributed by atoms with Crippen LogP contribution in [-0.2, 0) is 0 Å². The molecule has 0 amide bonds. The second kappa shape index (κ2) is 7.64. The van der Waals surface area contributed by atoms with Crippen LogP contribution in [0.15, 0.2) is 0 Å². The largest absolute Gasteiger partial charge is 0.393 e. The molecule has 0 aromatic heterocycles. The van der Waals surface area contributed by atoms with E-state index in [0.29, 0.717) is 10.8 Å². The predicted molar refractivity (Wildman–Crippen MR) is 83.2 cm³/mol. The van der Waals surface area contributed by atoms with Gasteiger partial charge < -0.3 is 10.2 Å². The summed E-state index contributed by atoms with van der Waals surface area (Å²) in [6.45, 7) is 9.11. The molecule has 0 aromatic carbocycles. The summed E-state index contributed by atoms with van der Waals surface area (Å²) in [5.41, 5.74) is 0.998. The van der Waals surface area contributed by atoms with Crippen LogP contribution < -0.4 is 0 Å². The number of aliphatic hydroxyl groups excluding tert-OH is 2. The molecule has 0 aromatic rings. The Morgan fingerprint density at radius 3 is 1.00 bits per heavy atom. The quantitative estimate of drug-likeness (QED) is 0.680. The molecule has 2 aliphatic rings. The van der Waals surface area contributed by atoms with E-state index in [-0.39, 0.29) is 19.6 Å². The van der Waals surface area contributed by atoms with Crippen LogP contribution in [0.3, 0.4) is 0 Å². The van der Waals surface area contributed by atoms with E-state index in [1.54, 1.807) is 0 Å². The first-order valence-electron chi connectivity index (χ1n) is 7.56.